The normalized spacial score (nSPS) is 11.5. The minimum atomic E-state index is 0.610. The van der Waals surface area contributed by atoms with Crippen LogP contribution >= 0.6 is 0 Å². The topological polar surface area (TPSA) is 51.8 Å². The third-order valence-corrected chi connectivity index (χ3v) is 4.01. The fourth-order valence-electron chi connectivity index (χ4n) is 2.86. The predicted octanol–water partition coefficient (Wildman–Crippen LogP) is 4.59. The van der Waals surface area contributed by atoms with E-state index >= 15 is 0 Å². The quantitative estimate of drug-likeness (QED) is 0.454. The van der Waals surface area contributed by atoms with E-state index in [0.717, 1.165) is 38.5 Å². The number of rotatable bonds is 1. The van der Waals surface area contributed by atoms with E-state index < -0.39 is 0 Å². The number of furan rings is 1. The summed E-state index contributed by atoms with van der Waals surface area (Å²) < 4.78 is 5.80. The van der Waals surface area contributed by atoms with Crippen LogP contribution in [-0.2, 0) is 0 Å². The van der Waals surface area contributed by atoms with Crippen molar-refractivity contribution in [2.24, 2.45) is 0 Å². The van der Waals surface area contributed by atoms with Crippen LogP contribution < -0.4 is 0 Å². The third-order valence-electron chi connectivity index (χ3n) is 4.01. The zero-order valence-electron chi connectivity index (χ0n) is 12.1. The van der Waals surface area contributed by atoms with Crippen LogP contribution in [0, 0.1) is 0 Å². The van der Waals surface area contributed by atoms with Crippen LogP contribution in [0.1, 0.15) is 0 Å². The van der Waals surface area contributed by atoms with Crippen molar-refractivity contribution in [3.8, 4) is 11.3 Å². The van der Waals surface area contributed by atoms with E-state index in [1.807, 2.05) is 42.7 Å². The molecule has 4 nitrogen and oxygen atoms in total. The van der Waals surface area contributed by atoms with Crippen LogP contribution in [0.15, 0.2) is 71.5 Å². The van der Waals surface area contributed by atoms with Crippen LogP contribution in [-0.4, -0.2) is 15.0 Å². The zero-order valence-corrected chi connectivity index (χ0v) is 12.1. The molecule has 0 spiro atoms. The maximum Gasteiger partial charge on any atom is 0.228 e. The molecule has 5 rings (SSSR count). The van der Waals surface area contributed by atoms with Gasteiger partial charge in [-0.05, 0) is 29.7 Å². The summed E-state index contributed by atoms with van der Waals surface area (Å²) in [5.74, 6) is 0. The minimum absolute atomic E-state index is 0.610. The van der Waals surface area contributed by atoms with E-state index in [0.29, 0.717) is 5.71 Å². The molecule has 0 unspecified atom stereocenters. The van der Waals surface area contributed by atoms with E-state index in [1.54, 1.807) is 6.20 Å². The highest BCUT2D eigenvalue weighted by atomic mass is 16.3. The zero-order chi connectivity index (χ0) is 15.2. The molecule has 0 aliphatic carbocycles. The van der Waals surface area contributed by atoms with Gasteiger partial charge in [-0.25, -0.2) is 4.98 Å². The molecule has 0 atom stereocenters. The molecule has 0 bridgehead atoms. The summed E-state index contributed by atoms with van der Waals surface area (Å²) in [4.78, 5) is 13.3. The first-order valence-corrected chi connectivity index (χ1v) is 7.37. The maximum atomic E-state index is 5.80. The van der Waals surface area contributed by atoms with Crippen molar-refractivity contribution in [3.63, 3.8) is 0 Å². The summed E-state index contributed by atoms with van der Waals surface area (Å²) in [6.45, 7) is 0. The Labute approximate surface area is 131 Å². The molecule has 23 heavy (non-hydrogen) atoms. The van der Waals surface area contributed by atoms with Gasteiger partial charge in [-0.1, -0.05) is 24.3 Å². The molecular formula is C19H11N3O. The van der Waals surface area contributed by atoms with E-state index in [9.17, 15) is 0 Å². The van der Waals surface area contributed by atoms with Crippen LogP contribution in [0.5, 0.6) is 0 Å². The Morgan fingerprint density at radius 2 is 1.70 bits per heavy atom. The predicted molar refractivity (Wildman–Crippen MR) is 90.0 cm³/mol. The third kappa shape index (κ3) is 1.89. The molecule has 0 amide bonds. The summed E-state index contributed by atoms with van der Waals surface area (Å²) in [6.07, 6.45) is 5.44. The fraction of sp³-hybridized carbons (Fsp3) is 0. The number of benzene rings is 1. The number of nitrogens with zero attached hydrogens (tertiary/aromatic N) is 3. The van der Waals surface area contributed by atoms with Crippen molar-refractivity contribution in [2.45, 2.75) is 0 Å². The number of pyridine rings is 3. The molecule has 108 valence electrons. The van der Waals surface area contributed by atoms with Gasteiger partial charge in [-0.2, -0.15) is 0 Å². The Morgan fingerprint density at radius 3 is 2.65 bits per heavy atom. The van der Waals surface area contributed by atoms with Gasteiger partial charge in [0, 0.05) is 29.5 Å². The molecule has 4 aromatic heterocycles. The standard InChI is InChI=1S/C19H11N3O/c1-2-5-13-10-21-16(8-12(13)4-1)14-9-17-18(22-11-14)15-6-3-7-20-19(15)23-17/h1-11H. The average Bonchev–Trinajstić information content (AvgIpc) is 2.99. The number of aromatic nitrogens is 3. The summed E-state index contributed by atoms with van der Waals surface area (Å²) in [6, 6.07) is 16.1. The Hall–Kier alpha value is -3.27. The minimum Gasteiger partial charge on any atom is -0.436 e. The lowest BCUT2D eigenvalue weighted by molar-refractivity contribution is 0.653. The second-order valence-corrected chi connectivity index (χ2v) is 5.45. The highest BCUT2D eigenvalue weighted by molar-refractivity contribution is 6.01. The molecule has 0 aliphatic heterocycles. The molecule has 1 aromatic carbocycles. The number of hydrogen-bond donors (Lipinski definition) is 0. The van der Waals surface area contributed by atoms with Crippen molar-refractivity contribution < 1.29 is 4.42 Å². The fourth-order valence-corrected chi connectivity index (χ4v) is 2.86. The second-order valence-electron chi connectivity index (χ2n) is 5.45. The van der Waals surface area contributed by atoms with Crippen molar-refractivity contribution >= 4 is 33.0 Å². The molecule has 0 N–H and O–H groups in total. The molecule has 0 saturated carbocycles. The Morgan fingerprint density at radius 1 is 0.783 bits per heavy atom. The van der Waals surface area contributed by atoms with Gasteiger partial charge in [-0.3, -0.25) is 9.97 Å². The van der Waals surface area contributed by atoms with Crippen LogP contribution in [0.25, 0.3) is 44.2 Å². The Bertz CT molecular complexity index is 1180. The van der Waals surface area contributed by atoms with Crippen LogP contribution in [0.4, 0.5) is 0 Å². The maximum absolute atomic E-state index is 5.80. The SMILES string of the molecule is c1ccc2cc(-c3cnc4c(c3)oc3ncccc34)ncc2c1. The van der Waals surface area contributed by atoms with E-state index in [4.69, 9.17) is 4.42 Å². The Kier molecular flexibility index (Phi) is 2.46. The van der Waals surface area contributed by atoms with E-state index in [1.165, 1.54) is 0 Å². The average molecular weight is 297 g/mol. The number of fused-ring (bicyclic) bond motifs is 4. The molecule has 0 saturated heterocycles. The molecular weight excluding hydrogens is 286 g/mol. The first kappa shape index (κ1) is 12.3. The second kappa shape index (κ2) is 4.61. The van der Waals surface area contributed by atoms with Crippen molar-refractivity contribution in [3.05, 3.63) is 67.1 Å². The van der Waals surface area contributed by atoms with Gasteiger partial charge >= 0.3 is 0 Å². The molecule has 0 fully saturated rings. The lowest BCUT2D eigenvalue weighted by Gasteiger charge is -2.02. The lowest BCUT2D eigenvalue weighted by atomic mass is 10.1. The molecule has 0 radical (unpaired) electrons. The van der Waals surface area contributed by atoms with Crippen LogP contribution in [0.3, 0.4) is 0 Å². The summed E-state index contributed by atoms with van der Waals surface area (Å²) in [7, 11) is 0. The largest absolute Gasteiger partial charge is 0.436 e. The highest BCUT2D eigenvalue weighted by Gasteiger charge is 2.10. The van der Waals surface area contributed by atoms with Gasteiger partial charge in [0.15, 0.2) is 5.58 Å². The highest BCUT2D eigenvalue weighted by Crippen LogP contribution is 2.29. The van der Waals surface area contributed by atoms with Gasteiger partial charge in [0.25, 0.3) is 0 Å². The van der Waals surface area contributed by atoms with Gasteiger partial charge < -0.3 is 4.42 Å². The van der Waals surface area contributed by atoms with Crippen LogP contribution in [0.2, 0.25) is 0 Å². The van der Waals surface area contributed by atoms with Crippen molar-refractivity contribution in [1.82, 2.24) is 15.0 Å². The number of hydrogen-bond acceptors (Lipinski definition) is 4. The summed E-state index contributed by atoms with van der Waals surface area (Å²) >= 11 is 0. The molecule has 4 heteroatoms. The lowest BCUT2D eigenvalue weighted by Crippen LogP contribution is -1.85. The van der Waals surface area contributed by atoms with Gasteiger partial charge in [0.2, 0.25) is 5.71 Å². The van der Waals surface area contributed by atoms with Gasteiger partial charge in [0.05, 0.1) is 11.1 Å². The molecule has 0 aliphatic rings. The van der Waals surface area contributed by atoms with E-state index in [-0.39, 0.29) is 0 Å². The van der Waals surface area contributed by atoms with E-state index in [2.05, 4.69) is 33.2 Å². The smallest absolute Gasteiger partial charge is 0.228 e. The molecule has 4 heterocycles. The monoisotopic (exact) mass is 297 g/mol. The van der Waals surface area contributed by atoms with Crippen molar-refractivity contribution in [1.29, 1.82) is 0 Å². The van der Waals surface area contributed by atoms with Gasteiger partial charge in [0.1, 0.15) is 5.52 Å². The van der Waals surface area contributed by atoms with Crippen molar-refractivity contribution in [2.75, 3.05) is 0 Å². The van der Waals surface area contributed by atoms with Gasteiger partial charge in [-0.15, -0.1) is 0 Å². The molecule has 5 aromatic rings. The Balaban J connectivity index is 1.73. The first-order valence-electron chi connectivity index (χ1n) is 7.37. The first-order chi connectivity index (χ1) is 11.4. The summed E-state index contributed by atoms with van der Waals surface area (Å²) in [5, 5.41) is 3.21. The summed E-state index contributed by atoms with van der Waals surface area (Å²) in [5.41, 5.74) is 3.98.